The lowest BCUT2D eigenvalue weighted by atomic mass is 9.98. The predicted molar refractivity (Wildman–Crippen MR) is 167 cm³/mol. The van der Waals surface area contributed by atoms with Crippen LogP contribution in [-0.4, -0.2) is 88.0 Å². The molecule has 1 fully saturated rings. The van der Waals surface area contributed by atoms with Gasteiger partial charge in [-0.25, -0.2) is 9.97 Å². The van der Waals surface area contributed by atoms with E-state index in [1.54, 1.807) is 33.5 Å². The van der Waals surface area contributed by atoms with Crippen molar-refractivity contribution in [2.75, 3.05) is 52.8 Å². The Morgan fingerprint density at radius 1 is 1.12 bits per heavy atom. The van der Waals surface area contributed by atoms with E-state index >= 15 is 0 Å². The second-order valence-electron chi connectivity index (χ2n) is 10.9. The van der Waals surface area contributed by atoms with Crippen LogP contribution in [0.1, 0.15) is 26.0 Å². The maximum absolute atomic E-state index is 12.3. The number of aryl methyl sites for hydroxylation is 1. The predicted octanol–water partition coefficient (Wildman–Crippen LogP) is 5.35. The van der Waals surface area contributed by atoms with Crippen LogP contribution in [0.15, 0.2) is 37.2 Å². The van der Waals surface area contributed by atoms with Gasteiger partial charge in [0.1, 0.15) is 17.1 Å². The van der Waals surface area contributed by atoms with Crippen LogP contribution in [0.2, 0.25) is 10.0 Å². The van der Waals surface area contributed by atoms with E-state index in [-0.39, 0.29) is 11.4 Å². The molecule has 0 atom stereocenters. The van der Waals surface area contributed by atoms with Crippen molar-refractivity contribution in [1.82, 2.24) is 29.2 Å². The van der Waals surface area contributed by atoms with Crippen LogP contribution < -0.4 is 14.8 Å². The summed E-state index contributed by atoms with van der Waals surface area (Å²) >= 11 is 13.7. The number of hydrogen-bond acceptors (Lipinski definition) is 8. The molecular formula is C30H35Cl2N7O3. The number of pyridine rings is 1. The molecule has 0 aliphatic carbocycles. The Morgan fingerprint density at radius 3 is 2.45 bits per heavy atom. The number of amides is 1. The highest BCUT2D eigenvalue weighted by Gasteiger charge is 2.35. The summed E-state index contributed by atoms with van der Waals surface area (Å²) in [6.07, 6.45) is 6.81. The topological polar surface area (TPSA) is 97.1 Å². The molecule has 4 aromatic rings. The molecule has 1 aliphatic heterocycles. The van der Waals surface area contributed by atoms with Gasteiger partial charge in [0.2, 0.25) is 11.9 Å². The van der Waals surface area contributed by atoms with Gasteiger partial charge in [0.15, 0.2) is 5.65 Å². The zero-order chi connectivity index (χ0) is 30.2. The second-order valence-corrected chi connectivity index (χ2v) is 11.6. The third kappa shape index (κ3) is 5.46. The number of rotatable bonds is 9. The van der Waals surface area contributed by atoms with Gasteiger partial charge in [-0.2, -0.15) is 4.98 Å². The highest BCUT2D eigenvalue weighted by molar-refractivity contribution is 6.41. The van der Waals surface area contributed by atoms with E-state index in [0.717, 1.165) is 43.6 Å². The number of carbonyl (C=O) groups excluding carboxylic acids is 1. The maximum atomic E-state index is 12.3. The fraction of sp³-hybridized carbons (Fsp3) is 0.400. The van der Waals surface area contributed by atoms with Crippen LogP contribution in [0, 0.1) is 0 Å². The number of nitrogens with one attached hydrogen (secondary N) is 1. The van der Waals surface area contributed by atoms with E-state index in [1.807, 2.05) is 21.6 Å². The maximum Gasteiger partial charge on any atom is 0.246 e. The van der Waals surface area contributed by atoms with E-state index < -0.39 is 0 Å². The number of methoxy groups -OCH3 is 2. The lowest BCUT2D eigenvalue weighted by Gasteiger charge is -2.46. The number of imidazole rings is 1. The Morgan fingerprint density at radius 2 is 1.83 bits per heavy atom. The molecule has 1 amide bonds. The number of benzene rings is 1. The number of anilines is 1. The van der Waals surface area contributed by atoms with Crippen molar-refractivity contribution in [3.05, 3.63) is 52.9 Å². The van der Waals surface area contributed by atoms with Crippen LogP contribution in [0.3, 0.4) is 0 Å². The first-order valence-corrected chi connectivity index (χ1v) is 14.5. The molecule has 1 saturated heterocycles. The molecule has 4 heterocycles. The summed E-state index contributed by atoms with van der Waals surface area (Å²) < 4.78 is 13.0. The molecule has 5 rings (SSSR count). The number of aromatic nitrogens is 4. The number of fused-ring (bicyclic) bond motifs is 3. The van der Waals surface area contributed by atoms with E-state index in [1.165, 1.54) is 6.08 Å². The zero-order valence-electron chi connectivity index (χ0n) is 24.5. The summed E-state index contributed by atoms with van der Waals surface area (Å²) in [5.74, 6) is 1.36. The third-order valence-corrected chi connectivity index (χ3v) is 8.47. The Hall–Kier alpha value is -3.60. The molecule has 0 bridgehead atoms. The van der Waals surface area contributed by atoms with E-state index in [4.69, 9.17) is 42.6 Å². The molecule has 12 heteroatoms. The summed E-state index contributed by atoms with van der Waals surface area (Å²) in [4.78, 5) is 30.8. The molecule has 0 unspecified atom stereocenters. The van der Waals surface area contributed by atoms with Crippen molar-refractivity contribution in [3.63, 3.8) is 0 Å². The molecule has 10 nitrogen and oxygen atoms in total. The van der Waals surface area contributed by atoms with Crippen LogP contribution in [-0.2, 0) is 11.2 Å². The Bertz CT molecular complexity index is 1640. The quantitative estimate of drug-likeness (QED) is 0.253. The Kier molecular flexibility index (Phi) is 8.50. The monoisotopic (exact) mass is 611 g/mol. The highest BCUT2D eigenvalue weighted by atomic mass is 35.5. The Labute approximate surface area is 255 Å². The van der Waals surface area contributed by atoms with Gasteiger partial charge < -0.3 is 19.7 Å². The molecular weight excluding hydrogens is 577 g/mol. The number of ether oxygens (including phenoxy) is 2. The highest BCUT2D eigenvalue weighted by Crippen LogP contribution is 2.47. The average Bonchev–Trinajstić information content (AvgIpc) is 3.41. The van der Waals surface area contributed by atoms with Gasteiger partial charge in [0.05, 0.1) is 35.5 Å². The van der Waals surface area contributed by atoms with Crippen LogP contribution in [0.25, 0.3) is 27.8 Å². The normalized spacial score (nSPS) is 15.3. The minimum atomic E-state index is -0.262. The number of nitrogens with zero attached hydrogens (tertiary/aromatic N) is 6. The number of carbonyl (C=O) groups is 1. The van der Waals surface area contributed by atoms with Gasteiger partial charge >= 0.3 is 0 Å². The van der Waals surface area contributed by atoms with Crippen molar-refractivity contribution in [3.8, 4) is 22.6 Å². The lowest BCUT2D eigenvalue weighted by molar-refractivity contribution is -0.135. The van der Waals surface area contributed by atoms with E-state index in [0.29, 0.717) is 56.5 Å². The number of hydrogen-bond donors (Lipinski definition) is 1. The molecule has 1 aromatic carbocycles. The molecule has 222 valence electrons. The summed E-state index contributed by atoms with van der Waals surface area (Å²) in [6.45, 7) is 11.0. The van der Waals surface area contributed by atoms with Crippen LogP contribution in [0.5, 0.6) is 11.5 Å². The number of piperazine rings is 1. The minimum absolute atomic E-state index is 0.0218. The van der Waals surface area contributed by atoms with E-state index in [9.17, 15) is 4.79 Å². The molecule has 0 radical (unpaired) electrons. The van der Waals surface area contributed by atoms with E-state index in [2.05, 4.69) is 35.6 Å². The summed E-state index contributed by atoms with van der Waals surface area (Å²) in [5.41, 5.74) is 3.29. The van der Waals surface area contributed by atoms with Crippen LogP contribution in [0.4, 0.5) is 5.95 Å². The third-order valence-electron chi connectivity index (χ3n) is 7.72. The standard InChI is InChI=1S/C30H35Cl2N7O3/c1-7-23(40)39-12-11-37(17-30(39,2)3)10-8-9-19-16-38-27-18(15-34-29(33-4)36-27)13-20(28(38)35-19)24-25(31)21(41-5)14-22(42-6)26(24)32/h7,13-16H,1,8-12,17H2,2-6H3,(H,33,34,36). The number of halogens is 2. The first-order valence-electron chi connectivity index (χ1n) is 13.7. The van der Waals surface area contributed by atoms with Gasteiger partial charge in [0, 0.05) is 61.7 Å². The first-order chi connectivity index (χ1) is 20.1. The molecule has 3 aromatic heterocycles. The zero-order valence-corrected chi connectivity index (χ0v) is 26.0. The molecule has 0 saturated carbocycles. The van der Waals surface area contributed by atoms with Crippen molar-refractivity contribution in [1.29, 1.82) is 0 Å². The summed E-state index contributed by atoms with van der Waals surface area (Å²) in [7, 11) is 4.88. The fourth-order valence-corrected chi connectivity index (χ4v) is 6.38. The Balaban J connectivity index is 1.50. The van der Waals surface area contributed by atoms with Crippen molar-refractivity contribution in [2.45, 2.75) is 32.2 Å². The molecule has 1 N–H and O–H groups in total. The van der Waals surface area contributed by atoms with Crippen molar-refractivity contribution >= 4 is 51.7 Å². The second kappa shape index (κ2) is 11.9. The first kappa shape index (κ1) is 29.9. The van der Waals surface area contributed by atoms with Gasteiger partial charge in [-0.1, -0.05) is 29.8 Å². The molecule has 0 spiro atoms. The lowest BCUT2D eigenvalue weighted by Crippen LogP contribution is -2.60. The fourth-order valence-electron chi connectivity index (χ4n) is 5.67. The van der Waals surface area contributed by atoms with Gasteiger partial charge in [-0.3, -0.25) is 14.1 Å². The van der Waals surface area contributed by atoms with Gasteiger partial charge in [0.25, 0.3) is 0 Å². The largest absolute Gasteiger partial charge is 0.495 e. The van der Waals surface area contributed by atoms with Gasteiger partial charge in [-0.15, -0.1) is 0 Å². The summed E-state index contributed by atoms with van der Waals surface area (Å²) in [6, 6.07) is 3.61. The average molecular weight is 613 g/mol. The van der Waals surface area contributed by atoms with Crippen LogP contribution >= 0.6 is 23.2 Å². The van der Waals surface area contributed by atoms with Crippen molar-refractivity contribution in [2.24, 2.45) is 0 Å². The summed E-state index contributed by atoms with van der Waals surface area (Å²) in [5, 5.41) is 4.52. The molecule has 1 aliphatic rings. The SMILES string of the molecule is C=CC(=O)N1CCN(CCCc2cn3c(n2)c(-c2c(Cl)c(OC)cc(OC)c2Cl)cc2cnc(NC)nc23)CC1(C)C. The smallest absolute Gasteiger partial charge is 0.246 e. The van der Waals surface area contributed by atoms with Gasteiger partial charge in [-0.05, 0) is 45.4 Å². The van der Waals surface area contributed by atoms with Crippen molar-refractivity contribution < 1.29 is 14.3 Å². The molecule has 42 heavy (non-hydrogen) atoms. The minimum Gasteiger partial charge on any atom is -0.495 e.